The zero-order chi connectivity index (χ0) is 11.8. The predicted octanol–water partition coefficient (Wildman–Crippen LogP) is 1.09. The summed E-state index contributed by atoms with van der Waals surface area (Å²) in [5.41, 5.74) is 0.869. The van der Waals surface area contributed by atoms with Crippen LogP contribution >= 0.6 is 0 Å². The van der Waals surface area contributed by atoms with Gasteiger partial charge in [-0.05, 0) is 52.4 Å². The van der Waals surface area contributed by atoms with Crippen LogP contribution in [0.3, 0.4) is 0 Å². The van der Waals surface area contributed by atoms with E-state index in [-0.39, 0.29) is 0 Å². The van der Waals surface area contributed by atoms with Gasteiger partial charge in [0, 0.05) is 12.6 Å². The zero-order valence-corrected chi connectivity index (χ0v) is 10.0. The molecule has 1 fully saturated rings. The molecule has 0 spiro atoms. The van der Waals surface area contributed by atoms with Crippen molar-refractivity contribution in [2.75, 3.05) is 32.7 Å². The molecule has 92 valence electrons. The largest absolute Gasteiger partial charge is 0.478 e. The lowest BCUT2D eigenvalue weighted by molar-refractivity contribution is -0.131. The Kier molecular flexibility index (Phi) is 6.11. The van der Waals surface area contributed by atoms with Crippen LogP contribution in [-0.4, -0.2) is 48.7 Å². The second kappa shape index (κ2) is 7.41. The molecule has 0 bridgehead atoms. The molecule has 0 radical (unpaired) electrons. The summed E-state index contributed by atoms with van der Waals surface area (Å²) < 4.78 is 0. The minimum absolute atomic E-state index is 0.673. The monoisotopic (exact) mass is 226 g/mol. The lowest BCUT2D eigenvalue weighted by atomic mass is 10.3. The van der Waals surface area contributed by atoms with Crippen molar-refractivity contribution < 1.29 is 9.90 Å². The summed E-state index contributed by atoms with van der Waals surface area (Å²) in [4.78, 5) is 12.8. The fourth-order valence-electron chi connectivity index (χ4n) is 1.98. The van der Waals surface area contributed by atoms with E-state index in [9.17, 15) is 4.79 Å². The van der Waals surface area contributed by atoms with E-state index in [1.807, 2.05) is 6.92 Å². The minimum atomic E-state index is -0.864. The summed E-state index contributed by atoms with van der Waals surface area (Å²) in [6.45, 7) is 7.12. The minimum Gasteiger partial charge on any atom is -0.478 e. The van der Waals surface area contributed by atoms with Crippen LogP contribution in [0.15, 0.2) is 11.6 Å². The van der Waals surface area contributed by atoms with Crippen molar-refractivity contribution in [3.8, 4) is 0 Å². The van der Waals surface area contributed by atoms with Crippen molar-refractivity contribution in [1.82, 2.24) is 10.2 Å². The molecular formula is C12H22N2O2. The first kappa shape index (κ1) is 13.2. The van der Waals surface area contributed by atoms with Crippen LogP contribution < -0.4 is 5.32 Å². The number of carboxylic acid groups (broad SMARTS) is 1. The number of nitrogens with one attached hydrogen (secondary N) is 1. The molecule has 0 aromatic heterocycles. The summed E-state index contributed by atoms with van der Waals surface area (Å²) in [6, 6.07) is 0. The van der Waals surface area contributed by atoms with Gasteiger partial charge in [-0.25, -0.2) is 4.79 Å². The van der Waals surface area contributed by atoms with Gasteiger partial charge in [-0.1, -0.05) is 5.57 Å². The number of carbonyl (C=O) groups is 1. The first-order chi connectivity index (χ1) is 7.68. The number of hydrogen-bond acceptors (Lipinski definition) is 3. The average Bonchev–Trinajstić information content (AvgIpc) is 2.68. The molecule has 1 aliphatic heterocycles. The lowest BCUT2D eigenvalue weighted by Crippen LogP contribution is -2.25. The van der Waals surface area contributed by atoms with Crippen LogP contribution in [0.5, 0.6) is 0 Å². The maximum absolute atomic E-state index is 10.4. The van der Waals surface area contributed by atoms with Gasteiger partial charge in [-0.3, -0.25) is 0 Å². The lowest BCUT2D eigenvalue weighted by Gasteiger charge is -2.14. The first-order valence-electron chi connectivity index (χ1n) is 6.01. The quantitative estimate of drug-likeness (QED) is 0.504. The standard InChI is InChI=1S/C12H22N2O2/c1-11(9-12(15)16)10-13-5-4-8-14-6-2-3-7-14/h9,13H,2-8,10H2,1H3,(H,15,16). The summed E-state index contributed by atoms with van der Waals surface area (Å²) in [6.07, 6.45) is 5.08. The molecule has 16 heavy (non-hydrogen) atoms. The smallest absolute Gasteiger partial charge is 0.328 e. The van der Waals surface area contributed by atoms with Gasteiger partial charge in [0.15, 0.2) is 0 Å². The number of nitrogens with zero attached hydrogens (tertiary/aromatic N) is 1. The van der Waals surface area contributed by atoms with Crippen molar-refractivity contribution in [3.05, 3.63) is 11.6 Å². The highest BCUT2D eigenvalue weighted by Gasteiger charge is 2.09. The Balaban J connectivity index is 1.97. The highest BCUT2D eigenvalue weighted by atomic mass is 16.4. The second-order valence-electron chi connectivity index (χ2n) is 4.41. The third-order valence-corrected chi connectivity index (χ3v) is 2.80. The van der Waals surface area contributed by atoms with Crippen molar-refractivity contribution in [1.29, 1.82) is 0 Å². The Labute approximate surface area is 97.3 Å². The maximum Gasteiger partial charge on any atom is 0.328 e. The van der Waals surface area contributed by atoms with Crippen molar-refractivity contribution in [2.45, 2.75) is 26.2 Å². The molecule has 0 aliphatic carbocycles. The molecule has 4 nitrogen and oxygen atoms in total. The fraction of sp³-hybridized carbons (Fsp3) is 0.750. The number of aliphatic carboxylic acids is 1. The molecular weight excluding hydrogens is 204 g/mol. The van der Waals surface area contributed by atoms with E-state index in [0.29, 0.717) is 6.54 Å². The fourth-order valence-corrected chi connectivity index (χ4v) is 1.98. The van der Waals surface area contributed by atoms with Gasteiger partial charge < -0.3 is 15.3 Å². The van der Waals surface area contributed by atoms with Gasteiger partial charge in [-0.15, -0.1) is 0 Å². The number of rotatable bonds is 7. The van der Waals surface area contributed by atoms with E-state index >= 15 is 0 Å². The maximum atomic E-state index is 10.4. The van der Waals surface area contributed by atoms with Gasteiger partial charge in [0.25, 0.3) is 0 Å². The van der Waals surface area contributed by atoms with Crippen molar-refractivity contribution >= 4 is 5.97 Å². The highest BCUT2D eigenvalue weighted by molar-refractivity contribution is 5.80. The molecule has 1 saturated heterocycles. The molecule has 1 aliphatic rings. The molecule has 1 heterocycles. The van der Waals surface area contributed by atoms with Gasteiger partial charge in [-0.2, -0.15) is 0 Å². The molecule has 0 saturated carbocycles. The summed E-state index contributed by atoms with van der Waals surface area (Å²) in [7, 11) is 0. The average molecular weight is 226 g/mol. The Morgan fingerprint density at radius 1 is 1.44 bits per heavy atom. The van der Waals surface area contributed by atoms with Crippen LogP contribution in [-0.2, 0) is 4.79 Å². The summed E-state index contributed by atoms with van der Waals surface area (Å²) in [5, 5.41) is 11.8. The topological polar surface area (TPSA) is 52.6 Å². The SMILES string of the molecule is CC(=CC(=O)O)CNCCCN1CCCC1. The Morgan fingerprint density at radius 3 is 2.75 bits per heavy atom. The van der Waals surface area contributed by atoms with E-state index in [2.05, 4.69) is 10.2 Å². The number of carboxylic acids is 1. The predicted molar refractivity (Wildman–Crippen MR) is 64.6 cm³/mol. The molecule has 0 amide bonds. The van der Waals surface area contributed by atoms with E-state index in [4.69, 9.17) is 5.11 Å². The van der Waals surface area contributed by atoms with E-state index in [0.717, 1.165) is 25.1 Å². The molecule has 4 heteroatoms. The summed E-state index contributed by atoms with van der Waals surface area (Å²) in [5.74, 6) is -0.864. The normalized spacial score (nSPS) is 17.9. The van der Waals surface area contributed by atoms with Gasteiger partial charge >= 0.3 is 5.97 Å². The van der Waals surface area contributed by atoms with Gasteiger partial charge in [0.2, 0.25) is 0 Å². The van der Waals surface area contributed by atoms with Gasteiger partial charge in [0.1, 0.15) is 0 Å². The number of hydrogen-bond donors (Lipinski definition) is 2. The van der Waals surface area contributed by atoms with Crippen LogP contribution in [0.2, 0.25) is 0 Å². The third kappa shape index (κ3) is 5.88. The van der Waals surface area contributed by atoms with E-state index in [1.165, 1.54) is 32.0 Å². The zero-order valence-electron chi connectivity index (χ0n) is 10.0. The van der Waals surface area contributed by atoms with Crippen LogP contribution in [0, 0.1) is 0 Å². The van der Waals surface area contributed by atoms with Crippen LogP contribution in [0.4, 0.5) is 0 Å². The Bertz CT molecular complexity index is 245. The molecule has 1 rings (SSSR count). The molecule has 0 unspecified atom stereocenters. The van der Waals surface area contributed by atoms with Crippen molar-refractivity contribution in [3.63, 3.8) is 0 Å². The van der Waals surface area contributed by atoms with Gasteiger partial charge in [0.05, 0.1) is 0 Å². The Hall–Kier alpha value is -0.870. The van der Waals surface area contributed by atoms with E-state index < -0.39 is 5.97 Å². The van der Waals surface area contributed by atoms with Crippen LogP contribution in [0.25, 0.3) is 0 Å². The van der Waals surface area contributed by atoms with Crippen LogP contribution in [0.1, 0.15) is 26.2 Å². The summed E-state index contributed by atoms with van der Waals surface area (Å²) >= 11 is 0. The Morgan fingerprint density at radius 2 is 2.12 bits per heavy atom. The molecule has 2 N–H and O–H groups in total. The van der Waals surface area contributed by atoms with E-state index in [1.54, 1.807) is 0 Å². The first-order valence-corrected chi connectivity index (χ1v) is 6.01. The number of likely N-dealkylation sites (tertiary alicyclic amines) is 1. The second-order valence-corrected chi connectivity index (χ2v) is 4.41. The van der Waals surface area contributed by atoms with Crippen molar-refractivity contribution in [2.24, 2.45) is 0 Å². The highest BCUT2D eigenvalue weighted by Crippen LogP contribution is 2.06. The molecule has 0 aromatic carbocycles. The molecule has 0 atom stereocenters. The third-order valence-electron chi connectivity index (χ3n) is 2.80. The molecule has 0 aromatic rings.